The Balaban J connectivity index is 2.31. The molecular weight excluding hydrogens is 507 g/mol. The molecular formula is C25H24F3N5O5. The van der Waals surface area contributed by atoms with Gasteiger partial charge < -0.3 is 19.9 Å². The van der Waals surface area contributed by atoms with E-state index in [0.29, 0.717) is 0 Å². The Morgan fingerprint density at radius 3 is 2.45 bits per heavy atom. The third kappa shape index (κ3) is 5.40. The summed E-state index contributed by atoms with van der Waals surface area (Å²) in [6, 6.07) is 7.75. The molecule has 38 heavy (non-hydrogen) atoms. The second-order valence-electron chi connectivity index (χ2n) is 8.01. The van der Waals surface area contributed by atoms with Gasteiger partial charge in [-0.05, 0) is 37.3 Å². The number of anilines is 1. The average molecular weight is 531 g/mol. The van der Waals surface area contributed by atoms with E-state index in [-0.39, 0.29) is 47.0 Å². The Morgan fingerprint density at radius 2 is 1.87 bits per heavy atom. The highest BCUT2D eigenvalue weighted by atomic mass is 19.4. The summed E-state index contributed by atoms with van der Waals surface area (Å²) in [5.41, 5.74) is 4.77. The smallest absolute Gasteiger partial charge is 0.416 e. The molecule has 1 aliphatic heterocycles. The Bertz CT molecular complexity index is 1340. The van der Waals surface area contributed by atoms with Gasteiger partial charge in [-0.2, -0.15) is 18.4 Å². The van der Waals surface area contributed by atoms with Crippen molar-refractivity contribution < 1.29 is 37.0 Å². The zero-order chi connectivity index (χ0) is 28.2. The quantitative estimate of drug-likeness (QED) is 0.407. The van der Waals surface area contributed by atoms with Crippen molar-refractivity contribution in [2.75, 3.05) is 32.3 Å². The highest BCUT2D eigenvalue weighted by molar-refractivity contribution is 6.10. The van der Waals surface area contributed by atoms with Crippen LogP contribution >= 0.6 is 0 Å². The van der Waals surface area contributed by atoms with Crippen LogP contribution in [-0.2, 0) is 20.4 Å². The van der Waals surface area contributed by atoms with Gasteiger partial charge in [0.15, 0.2) is 0 Å². The number of carbonyl (C=O) groups excluding carboxylic acids is 2. The van der Waals surface area contributed by atoms with E-state index in [0.717, 1.165) is 35.1 Å². The van der Waals surface area contributed by atoms with Gasteiger partial charge in [0.2, 0.25) is 5.96 Å². The first-order chi connectivity index (χ1) is 18.0. The molecule has 2 aromatic carbocycles. The molecule has 0 fully saturated rings. The van der Waals surface area contributed by atoms with Gasteiger partial charge in [0.05, 0.1) is 36.5 Å². The first-order valence-electron chi connectivity index (χ1n) is 11.1. The average Bonchev–Trinajstić information content (AvgIpc) is 2.87. The second kappa shape index (κ2) is 11.2. The van der Waals surface area contributed by atoms with Crippen LogP contribution in [0.25, 0.3) is 0 Å². The fourth-order valence-corrected chi connectivity index (χ4v) is 4.06. The number of methoxy groups -OCH3 is 2. The van der Waals surface area contributed by atoms with Crippen LogP contribution in [0, 0.1) is 16.7 Å². The van der Waals surface area contributed by atoms with E-state index in [1.165, 1.54) is 38.3 Å². The number of primary amides is 1. The van der Waals surface area contributed by atoms with Crippen LogP contribution in [-0.4, -0.2) is 50.3 Å². The van der Waals surface area contributed by atoms with E-state index >= 15 is 0 Å². The Morgan fingerprint density at radius 1 is 1.16 bits per heavy atom. The molecule has 0 bridgehead atoms. The number of benzene rings is 2. The summed E-state index contributed by atoms with van der Waals surface area (Å²) in [6.07, 6.45) is -4.68. The van der Waals surface area contributed by atoms with Gasteiger partial charge in [-0.15, -0.1) is 0 Å². The minimum Gasteiger partial charge on any atom is -0.491 e. The van der Waals surface area contributed by atoms with E-state index in [2.05, 4.69) is 0 Å². The molecule has 0 saturated carbocycles. The summed E-state index contributed by atoms with van der Waals surface area (Å²) >= 11 is 0. The SMILES string of the molecule is COCCOc1cc(C#N)ccc1[C@H]1C(C(=O)OC)=C(C)N(c2cccc(C(F)(F)F)c2)C(=N)N1C(N)=O. The number of nitrogens with two attached hydrogens (primary N) is 1. The van der Waals surface area contributed by atoms with Gasteiger partial charge in [0, 0.05) is 24.1 Å². The van der Waals surface area contributed by atoms with Crippen LogP contribution in [0.5, 0.6) is 5.75 Å². The Kier molecular flexibility index (Phi) is 8.27. The van der Waals surface area contributed by atoms with Crippen LogP contribution < -0.4 is 15.4 Å². The fraction of sp³-hybridized carbons (Fsp3) is 0.280. The van der Waals surface area contributed by atoms with Gasteiger partial charge >= 0.3 is 18.2 Å². The number of nitrogens with one attached hydrogen (secondary N) is 1. The summed E-state index contributed by atoms with van der Waals surface area (Å²) in [4.78, 5) is 27.5. The van der Waals surface area contributed by atoms with Crippen molar-refractivity contribution in [2.45, 2.75) is 19.1 Å². The summed E-state index contributed by atoms with van der Waals surface area (Å²) in [7, 11) is 2.55. The number of urea groups is 1. The number of carbonyl (C=O) groups is 2. The number of allylic oxidation sites excluding steroid dienone is 1. The third-order valence-corrected chi connectivity index (χ3v) is 5.75. The summed E-state index contributed by atoms with van der Waals surface area (Å²) in [5.74, 6) is -1.43. The van der Waals surface area contributed by atoms with Gasteiger partial charge in [-0.25, -0.2) is 9.59 Å². The molecule has 2 amide bonds. The Hall–Kier alpha value is -4.57. The molecule has 2 aromatic rings. The van der Waals surface area contributed by atoms with E-state index < -0.39 is 35.7 Å². The molecule has 10 nitrogen and oxygen atoms in total. The number of ether oxygens (including phenoxy) is 3. The molecule has 0 saturated heterocycles. The van der Waals surface area contributed by atoms with Crippen molar-refractivity contribution in [1.82, 2.24) is 4.90 Å². The van der Waals surface area contributed by atoms with Gasteiger partial charge in [0.25, 0.3) is 0 Å². The molecule has 3 rings (SSSR count). The molecule has 3 N–H and O–H groups in total. The maximum atomic E-state index is 13.4. The largest absolute Gasteiger partial charge is 0.491 e. The highest BCUT2D eigenvalue weighted by Crippen LogP contribution is 2.43. The minimum atomic E-state index is -4.68. The van der Waals surface area contributed by atoms with Crippen LogP contribution in [0.3, 0.4) is 0 Å². The number of rotatable bonds is 7. The molecule has 13 heteroatoms. The predicted molar refractivity (Wildman–Crippen MR) is 129 cm³/mol. The number of hydrogen-bond acceptors (Lipinski definition) is 7. The molecule has 0 aromatic heterocycles. The maximum absolute atomic E-state index is 13.4. The zero-order valence-corrected chi connectivity index (χ0v) is 20.6. The van der Waals surface area contributed by atoms with E-state index in [4.69, 9.17) is 25.4 Å². The van der Waals surface area contributed by atoms with Gasteiger partial charge in [-0.1, -0.05) is 12.1 Å². The number of alkyl halides is 3. The maximum Gasteiger partial charge on any atom is 0.416 e. The van der Waals surface area contributed by atoms with Crippen LogP contribution in [0.4, 0.5) is 23.7 Å². The molecule has 0 unspecified atom stereocenters. The first-order valence-corrected chi connectivity index (χ1v) is 11.1. The van der Waals surface area contributed by atoms with Crippen LogP contribution in [0.1, 0.15) is 29.7 Å². The molecule has 0 radical (unpaired) electrons. The number of amides is 2. The van der Waals surface area contributed by atoms with Crippen molar-refractivity contribution >= 4 is 23.6 Å². The van der Waals surface area contributed by atoms with E-state index in [1.807, 2.05) is 6.07 Å². The molecule has 0 aliphatic carbocycles. The van der Waals surface area contributed by atoms with Crippen molar-refractivity contribution in [3.05, 3.63) is 70.4 Å². The van der Waals surface area contributed by atoms with Gasteiger partial charge in [0.1, 0.15) is 18.4 Å². The molecule has 0 spiro atoms. The van der Waals surface area contributed by atoms with Crippen LogP contribution in [0.2, 0.25) is 0 Å². The fourth-order valence-electron chi connectivity index (χ4n) is 4.06. The number of guanidine groups is 1. The number of hydrogen-bond donors (Lipinski definition) is 2. The molecule has 1 aliphatic rings. The number of halogens is 3. The highest BCUT2D eigenvalue weighted by Gasteiger charge is 2.45. The second-order valence-corrected chi connectivity index (χ2v) is 8.01. The normalized spacial score (nSPS) is 15.8. The number of nitrogens with zero attached hydrogens (tertiary/aromatic N) is 3. The Labute approximate surface area is 216 Å². The lowest BCUT2D eigenvalue weighted by Crippen LogP contribution is -2.55. The lowest BCUT2D eigenvalue weighted by atomic mass is 9.91. The number of esters is 1. The van der Waals surface area contributed by atoms with Gasteiger partial charge in [-0.3, -0.25) is 15.2 Å². The van der Waals surface area contributed by atoms with Crippen molar-refractivity contribution in [2.24, 2.45) is 5.73 Å². The lowest BCUT2D eigenvalue weighted by Gasteiger charge is -2.43. The predicted octanol–water partition coefficient (Wildman–Crippen LogP) is 3.93. The molecule has 200 valence electrons. The molecule has 1 heterocycles. The number of nitriles is 1. The van der Waals surface area contributed by atoms with E-state index in [1.54, 1.807) is 0 Å². The lowest BCUT2D eigenvalue weighted by molar-refractivity contribution is -0.138. The molecule has 1 atom stereocenters. The van der Waals surface area contributed by atoms with Crippen molar-refractivity contribution in [3.63, 3.8) is 0 Å². The standard InChI is InChI=1S/C25H24F3N5O5/c1-14-20(22(34)37-3)21(18-8-7-15(13-29)11-19(18)38-10-9-36-2)33(24(31)35)23(30)32(14)17-6-4-5-16(12-17)25(26,27)28/h4-8,11-12,21,30H,9-10H2,1-3H3,(H2,31,35)/t21-/m0/s1. The third-order valence-electron chi connectivity index (χ3n) is 5.75. The minimum absolute atomic E-state index is 0.0240. The summed E-state index contributed by atoms with van der Waals surface area (Å²) < 4.78 is 56.0. The zero-order valence-electron chi connectivity index (χ0n) is 20.6. The van der Waals surface area contributed by atoms with Crippen molar-refractivity contribution in [1.29, 1.82) is 10.7 Å². The van der Waals surface area contributed by atoms with Crippen LogP contribution in [0.15, 0.2) is 53.7 Å². The first kappa shape index (κ1) is 28.0. The van der Waals surface area contributed by atoms with E-state index in [9.17, 15) is 28.0 Å². The monoisotopic (exact) mass is 531 g/mol. The topological polar surface area (TPSA) is 142 Å². The summed E-state index contributed by atoms with van der Waals surface area (Å²) in [5, 5.41) is 18.1. The van der Waals surface area contributed by atoms with Crippen molar-refractivity contribution in [3.8, 4) is 11.8 Å². The summed E-state index contributed by atoms with van der Waals surface area (Å²) in [6.45, 7) is 1.63.